The number of phenolic OH excluding ortho intramolecular Hbond substituents is 1. The van der Waals surface area contributed by atoms with Crippen LogP contribution in [0.1, 0.15) is 5.56 Å². The van der Waals surface area contributed by atoms with Gasteiger partial charge in [0.1, 0.15) is 11.5 Å². The molecule has 1 amide bonds. The number of phenols is 1. The Morgan fingerprint density at radius 2 is 2.31 bits per heavy atom. The molecule has 84 valence electrons. The summed E-state index contributed by atoms with van der Waals surface area (Å²) < 4.78 is 5.03. The van der Waals surface area contributed by atoms with Crippen LogP contribution in [0, 0.1) is 0 Å². The lowest BCUT2D eigenvalue weighted by molar-refractivity contribution is -0.116. The Balaban J connectivity index is 2.33. The largest absolute Gasteiger partial charge is 0.508 e. The minimum Gasteiger partial charge on any atom is -0.508 e. The van der Waals surface area contributed by atoms with E-state index < -0.39 is 0 Å². The molecule has 0 atom stereocenters. The molecule has 2 rings (SSSR count). The maximum absolute atomic E-state index is 11.3. The molecule has 0 aliphatic carbocycles. The van der Waals surface area contributed by atoms with Gasteiger partial charge < -0.3 is 15.2 Å². The number of ether oxygens (including phenoxy) is 1. The van der Waals surface area contributed by atoms with Crippen LogP contribution < -0.4 is 10.1 Å². The minimum atomic E-state index is -0.0766. The third-order valence-corrected chi connectivity index (χ3v) is 3.03. The molecule has 0 spiro atoms. The summed E-state index contributed by atoms with van der Waals surface area (Å²) in [5.74, 6) is 1.21. The minimum absolute atomic E-state index is 0.0766. The molecule has 1 aromatic rings. The molecule has 1 aliphatic rings. The van der Waals surface area contributed by atoms with Gasteiger partial charge in [-0.1, -0.05) is 11.8 Å². The van der Waals surface area contributed by atoms with Crippen LogP contribution in [0.15, 0.2) is 23.1 Å². The van der Waals surface area contributed by atoms with Crippen molar-refractivity contribution in [2.45, 2.75) is 0 Å². The van der Waals surface area contributed by atoms with E-state index in [-0.39, 0.29) is 11.7 Å². The highest BCUT2D eigenvalue weighted by molar-refractivity contribution is 8.04. The molecular formula is C11H11NO3S. The van der Waals surface area contributed by atoms with E-state index in [4.69, 9.17) is 4.74 Å². The smallest absolute Gasteiger partial charge is 0.258 e. The van der Waals surface area contributed by atoms with Crippen molar-refractivity contribution in [3.63, 3.8) is 0 Å². The number of thioether (sulfide) groups is 1. The van der Waals surface area contributed by atoms with Gasteiger partial charge in [-0.05, 0) is 23.8 Å². The number of rotatable bonds is 2. The maximum Gasteiger partial charge on any atom is 0.258 e. The molecule has 1 heterocycles. The standard InChI is InChI=1S/C11H11NO3S/c1-15-9-3-7(2-8(13)5-9)4-10-11(14)12-6-16-10/h2-5,13H,6H2,1H3,(H,12,14)/b10-4-. The fourth-order valence-corrected chi connectivity index (χ4v) is 2.18. The zero-order chi connectivity index (χ0) is 11.5. The van der Waals surface area contributed by atoms with E-state index in [1.54, 1.807) is 18.2 Å². The Hall–Kier alpha value is -1.62. The molecular weight excluding hydrogens is 226 g/mol. The molecule has 1 aromatic carbocycles. The Kier molecular flexibility index (Phi) is 3.05. The highest BCUT2D eigenvalue weighted by atomic mass is 32.2. The fourth-order valence-electron chi connectivity index (χ4n) is 1.40. The van der Waals surface area contributed by atoms with Crippen LogP contribution in [0.2, 0.25) is 0 Å². The summed E-state index contributed by atoms with van der Waals surface area (Å²) in [6, 6.07) is 4.87. The topological polar surface area (TPSA) is 58.6 Å². The molecule has 0 aromatic heterocycles. The van der Waals surface area contributed by atoms with E-state index >= 15 is 0 Å². The molecule has 0 radical (unpaired) electrons. The molecule has 5 heteroatoms. The second kappa shape index (κ2) is 4.49. The van der Waals surface area contributed by atoms with Crippen molar-refractivity contribution in [3.8, 4) is 11.5 Å². The normalized spacial score (nSPS) is 17.6. The summed E-state index contributed by atoms with van der Waals surface area (Å²) in [7, 11) is 1.53. The number of aromatic hydroxyl groups is 1. The number of hydrogen-bond donors (Lipinski definition) is 2. The van der Waals surface area contributed by atoms with Gasteiger partial charge in [0.15, 0.2) is 0 Å². The fraction of sp³-hybridized carbons (Fsp3) is 0.182. The van der Waals surface area contributed by atoms with E-state index in [0.29, 0.717) is 16.5 Å². The van der Waals surface area contributed by atoms with Crippen molar-refractivity contribution in [1.82, 2.24) is 5.32 Å². The molecule has 1 aliphatic heterocycles. The number of nitrogens with one attached hydrogen (secondary N) is 1. The first-order valence-corrected chi connectivity index (χ1v) is 5.68. The molecule has 0 bridgehead atoms. The summed E-state index contributed by atoms with van der Waals surface area (Å²) in [6.07, 6.45) is 1.73. The van der Waals surface area contributed by atoms with E-state index in [1.807, 2.05) is 0 Å². The molecule has 16 heavy (non-hydrogen) atoms. The summed E-state index contributed by atoms with van der Waals surface area (Å²) >= 11 is 1.44. The summed E-state index contributed by atoms with van der Waals surface area (Å²) in [6.45, 7) is 0. The van der Waals surface area contributed by atoms with Crippen LogP contribution in [0.5, 0.6) is 11.5 Å². The number of carbonyl (C=O) groups excluding carboxylic acids is 1. The Bertz CT molecular complexity index is 457. The van der Waals surface area contributed by atoms with Crippen LogP contribution in [-0.4, -0.2) is 24.0 Å². The van der Waals surface area contributed by atoms with Crippen LogP contribution in [0.3, 0.4) is 0 Å². The second-order valence-electron chi connectivity index (χ2n) is 3.27. The van der Waals surface area contributed by atoms with Gasteiger partial charge in [-0.2, -0.15) is 0 Å². The first-order chi connectivity index (χ1) is 7.69. The van der Waals surface area contributed by atoms with Crippen LogP contribution in [0.25, 0.3) is 6.08 Å². The molecule has 1 fully saturated rings. The maximum atomic E-state index is 11.3. The third-order valence-electron chi connectivity index (χ3n) is 2.13. The van der Waals surface area contributed by atoms with Crippen molar-refractivity contribution in [3.05, 3.63) is 28.7 Å². The predicted octanol–water partition coefficient (Wildman–Crippen LogP) is 1.56. The zero-order valence-corrected chi connectivity index (χ0v) is 9.50. The third kappa shape index (κ3) is 2.30. The van der Waals surface area contributed by atoms with Crippen LogP contribution in [-0.2, 0) is 4.79 Å². The summed E-state index contributed by atoms with van der Waals surface area (Å²) in [5.41, 5.74) is 0.747. The zero-order valence-electron chi connectivity index (χ0n) is 8.69. The van der Waals surface area contributed by atoms with E-state index in [1.165, 1.54) is 24.9 Å². The first kappa shape index (κ1) is 10.9. The van der Waals surface area contributed by atoms with Crippen LogP contribution >= 0.6 is 11.8 Å². The van der Waals surface area contributed by atoms with E-state index in [0.717, 1.165) is 5.56 Å². The van der Waals surface area contributed by atoms with Crippen molar-refractivity contribution in [1.29, 1.82) is 0 Å². The SMILES string of the molecule is COc1cc(O)cc(/C=C2\SCNC2=O)c1. The number of hydrogen-bond acceptors (Lipinski definition) is 4. The number of benzene rings is 1. The Labute approximate surface area is 97.3 Å². The lowest BCUT2D eigenvalue weighted by Gasteiger charge is -2.03. The molecule has 1 saturated heterocycles. The van der Waals surface area contributed by atoms with Gasteiger partial charge in [-0.25, -0.2) is 0 Å². The Morgan fingerprint density at radius 1 is 1.50 bits per heavy atom. The number of methoxy groups -OCH3 is 1. The van der Waals surface area contributed by atoms with Crippen molar-refractivity contribution in [2.24, 2.45) is 0 Å². The quantitative estimate of drug-likeness (QED) is 0.766. The number of amides is 1. The molecule has 4 nitrogen and oxygen atoms in total. The van der Waals surface area contributed by atoms with E-state index in [9.17, 15) is 9.90 Å². The predicted molar refractivity (Wildman–Crippen MR) is 63.2 cm³/mol. The first-order valence-electron chi connectivity index (χ1n) is 4.70. The van der Waals surface area contributed by atoms with Gasteiger partial charge in [-0.3, -0.25) is 4.79 Å². The van der Waals surface area contributed by atoms with Crippen molar-refractivity contribution >= 4 is 23.7 Å². The van der Waals surface area contributed by atoms with Crippen molar-refractivity contribution in [2.75, 3.05) is 13.0 Å². The van der Waals surface area contributed by atoms with E-state index in [2.05, 4.69) is 5.32 Å². The second-order valence-corrected chi connectivity index (χ2v) is 4.28. The monoisotopic (exact) mass is 237 g/mol. The van der Waals surface area contributed by atoms with Gasteiger partial charge in [0, 0.05) is 6.07 Å². The molecule has 0 saturated carbocycles. The molecule has 0 unspecified atom stereocenters. The lowest BCUT2D eigenvalue weighted by atomic mass is 10.2. The average molecular weight is 237 g/mol. The summed E-state index contributed by atoms with van der Waals surface area (Å²) in [5, 5.41) is 12.1. The highest BCUT2D eigenvalue weighted by Gasteiger charge is 2.16. The van der Waals surface area contributed by atoms with Gasteiger partial charge >= 0.3 is 0 Å². The molecule has 2 N–H and O–H groups in total. The van der Waals surface area contributed by atoms with Gasteiger partial charge in [0.05, 0.1) is 17.9 Å². The number of carbonyl (C=O) groups is 1. The summed E-state index contributed by atoms with van der Waals surface area (Å²) in [4.78, 5) is 12.0. The Morgan fingerprint density at radius 3 is 2.94 bits per heavy atom. The van der Waals surface area contributed by atoms with Gasteiger partial charge in [0.2, 0.25) is 0 Å². The van der Waals surface area contributed by atoms with Gasteiger partial charge in [0.25, 0.3) is 5.91 Å². The van der Waals surface area contributed by atoms with Gasteiger partial charge in [-0.15, -0.1) is 0 Å². The average Bonchev–Trinajstić information content (AvgIpc) is 2.63. The highest BCUT2D eigenvalue weighted by Crippen LogP contribution is 2.27. The van der Waals surface area contributed by atoms with Crippen molar-refractivity contribution < 1.29 is 14.6 Å². The lowest BCUT2D eigenvalue weighted by Crippen LogP contribution is -2.13. The van der Waals surface area contributed by atoms with Crippen LogP contribution in [0.4, 0.5) is 0 Å².